The molecule has 6 nitrogen and oxygen atoms in total. The van der Waals surface area contributed by atoms with Crippen LogP contribution in [0.5, 0.6) is 0 Å². The summed E-state index contributed by atoms with van der Waals surface area (Å²) < 4.78 is 4.85. The molecule has 2 bridgehead atoms. The summed E-state index contributed by atoms with van der Waals surface area (Å²) in [5, 5.41) is 3.09. The van der Waals surface area contributed by atoms with E-state index in [1.807, 2.05) is 25.7 Å². The number of piperidine rings is 2. The minimum Gasteiger partial charge on any atom is -0.466 e. The van der Waals surface area contributed by atoms with Gasteiger partial charge in [0.15, 0.2) is 0 Å². The van der Waals surface area contributed by atoms with Gasteiger partial charge in [0.1, 0.15) is 0 Å². The quantitative estimate of drug-likeness (QED) is 0.432. The molecule has 3 rings (SSSR count). The first kappa shape index (κ1) is 19.5. The van der Waals surface area contributed by atoms with Crippen LogP contribution in [0.15, 0.2) is 12.2 Å². The van der Waals surface area contributed by atoms with Crippen molar-refractivity contribution in [1.29, 1.82) is 0 Å². The van der Waals surface area contributed by atoms with Gasteiger partial charge in [-0.05, 0) is 45.4 Å². The predicted octanol–water partition coefficient (Wildman–Crippen LogP) is 1.90. The van der Waals surface area contributed by atoms with Gasteiger partial charge in [-0.2, -0.15) is 0 Å². The standard InChI is InChI=1S/C19H30N2O4/c1-12(2)19(4,5)20-18(24)17-14-9-15(17)11-21(10-14)16(23)7-6-8-25-13(3)22/h14-15,17H,1,6-11H2,2-5H3,(H,20,24). The van der Waals surface area contributed by atoms with Gasteiger partial charge in [0.25, 0.3) is 0 Å². The average Bonchev–Trinajstić information content (AvgIpc) is 2.50. The Balaban J connectivity index is 1.80. The minimum atomic E-state index is -0.410. The molecule has 2 heterocycles. The number of hydrogen-bond acceptors (Lipinski definition) is 4. The highest BCUT2D eigenvalue weighted by Crippen LogP contribution is 2.46. The molecule has 0 aromatic carbocycles. The maximum atomic E-state index is 12.6. The molecule has 25 heavy (non-hydrogen) atoms. The van der Waals surface area contributed by atoms with Crippen LogP contribution in [-0.4, -0.2) is 47.9 Å². The molecule has 1 aliphatic carbocycles. The summed E-state index contributed by atoms with van der Waals surface area (Å²) in [5.74, 6) is 0.343. The Morgan fingerprint density at radius 1 is 1.20 bits per heavy atom. The molecule has 2 atom stereocenters. The number of rotatable bonds is 7. The number of amides is 2. The van der Waals surface area contributed by atoms with Crippen molar-refractivity contribution >= 4 is 17.8 Å². The zero-order chi connectivity index (χ0) is 18.8. The smallest absolute Gasteiger partial charge is 0.302 e. The normalized spacial score (nSPS) is 25.0. The largest absolute Gasteiger partial charge is 0.466 e. The number of nitrogens with zero attached hydrogens (tertiary/aromatic N) is 1. The van der Waals surface area contributed by atoms with Crippen molar-refractivity contribution in [1.82, 2.24) is 10.2 Å². The van der Waals surface area contributed by atoms with Crippen molar-refractivity contribution in [3.05, 3.63) is 12.2 Å². The summed E-state index contributed by atoms with van der Waals surface area (Å²) in [7, 11) is 0. The lowest BCUT2D eigenvalue weighted by molar-refractivity contribution is -0.153. The fourth-order valence-electron chi connectivity index (χ4n) is 3.62. The first-order valence-corrected chi connectivity index (χ1v) is 9.01. The minimum absolute atomic E-state index is 0.00345. The van der Waals surface area contributed by atoms with E-state index in [4.69, 9.17) is 4.74 Å². The number of fused-ring (bicyclic) bond motifs is 2. The van der Waals surface area contributed by atoms with Gasteiger partial charge in [0, 0.05) is 32.4 Å². The molecule has 0 aromatic rings. The predicted molar refractivity (Wildman–Crippen MR) is 94.6 cm³/mol. The van der Waals surface area contributed by atoms with E-state index in [0.29, 0.717) is 25.9 Å². The molecular formula is C19H30N2O4. The molecule has 3 fully saturated rings. The summed E-state index contributed by atoms with van der Waals surface area (Å²) in [6.45, 7) is 12.7. The summed E-state index contributed by atoms with van der Waals surface area (Å²) in [6, 6.07) is 0. The molecule has 3 aliphatic rings. The van der Waals surface area contributed by atoms with Crippen molar-refractivity contribution in [3.63, 3.8) is 0 Å². The number of carbonyl (C=O) groups is 3. The van der Waals surface area contributed by atoms with Gasteiger partial charge in [-0.25, -0.2) is 0 Å². The lowest BCUT2D eigenvalue weighted by Gasteiger charge is -2.53. The van der Waals surface area contributed by atoms with Crippen LogP contribution in [0, 0.1) is 17.8 Å². The molecule has 0 spiro atoms. The molecule has 0 radical (unpaired) electrons. The lowest BCUT2D eigenvalue weighted by Crippen LogP contribution is -2.62. The van der Waals surface area contributed by atoms with Gasteiger partial charge in [0.05, 0.1) is 12.1 Å². The van der Waals surface area contributed by atoms with Gasteiger partial charge < -0.3 is 15.0 Å². The van der Waals surface area contributed by atoms with Gasteiger partial charge >= 0.3 is 5.97 Å². The summed E-state index contributed by atoms with van der Waals surface area (Å²) >= 11 is 0. The monoisotopic (exact) mass is 350 g/mol. The molecule has 140 valence electrons. The Morgan fingerprint density at radius 3 is 2.32 bits per heavy atom. The van der Waals surface area contributed by atoms with Crippen LogP contribution in [0.2, 0.25) is 0 Å². The van der Waals surface area contributed by atoms with E-state index in [1.54, 1.807) is 0 Å². The fourth-order valence-corrected chi connectivity index (χ4v) is 3.62. The van der Waals surface area contributed by atoms with E-state index in [2.05, 4.69) is 11.9 Å². The number of ether oxygens (including phenoxy) is 1. The molecule has 1 saturated carbocycles. The first-order chi connectivity index (χ1) is 11.6. The van der Waals surface area contributed by atoms with Crippen LogP contribution in [0.3, 0.4) is 0 Å². The maximum Gasteiger partial charge on any atom is 0.302 e. The maximum absolute atomic E-state index is 12.6. The van der Waals surface area contributed by atoms with Crippen LogP contribution in [-0.2, 0) is 19.1 Å². The van der Waals surface area contributed by atoms with Gasteiger partial charge in [-0.1, -0.05) is 12.2 Å². The van der Waals surface area contributed by atoms with Crippen molar-refractivity contribution in [2.45, 2.75) is 52.5 Å². The topological polar surface area (TPSA) is 75.7 Å². The third kappa shape index (κ3) is 4.61. The second-order valence-corrected chi connectivity index (χ2v) is 7.92. The lowest BCUT2D eigenvalue weighted by atomic mass is 9.61. The Hall–Kier alpha value is -1.85. The van der Waals surface area contributed by atoms with E-state index in [9.17, 15) is 14.4 Å². The molecular weight excluding hydrogens is 320 g/mol. The highest BCUT2D eigenvalue weighted by molar-refractivity contribution is 5.82. The summed E-state index contributed by atoms with van der Waals surface area (Å²) in [4.78, 5) is 37.5. The third-order valence-electron chi connectivity index (χ3n) is 5.53. The van der Waals surface area contributed by atoms with Gasteiger partial charge in [-0.3, -0.25) is 14.4 Å². The zero-order valence-electron chi connectivity index (χ0n) is 15.8. The summed E-state index contributed by atoms with van der Waals surface area (Å²) in [5.41, 5.74) is 0.516. The molecule has 2 unspecified atom stereocenters. The van der Waals surface area contributed by atoms with Crippen molar-refractivity contribution in [2.24, 2.45) is 17.8 Å². The van der Waals surface area contributed by atoms with E-state index < -0.39 is 5.54 Å². The number of esters is 1. The molecule has 1 N–H and O–H groups in total. The van der Waals surface area contributed by atoms with Crippen LogP contribution in [0.25, 0.3) is 0 Å². The first-order valence-electron chi connectivity index (χ1n) is 9.01. The average molecular weight is 350 g/mol. The van der Waals surface area contributed by atoms with Crippen molar-refractivity contribution < 1.29 is 19.1 Å². The zero-order valence-corrected chi connectivity index (χ0v) is 15.8. The highest BCUT2D eigenvalue weighted by Gasteiger charge is 2.51. The van der Waals surface area contributed by atoms with Crippen LogP contribution in [0.1, 0.15) is 47.0 Å². The van der Waals surface area contributed by atoms with Gasteiger partial charge in [0.2, 0.25) is 11.8 Å². The number of hydrogen-bond donors (Lipinski definition) is 1. The van der Waals surface area contributed by atoms with Crippen LogP contribution in [0.4, 0.5) is 0 Å². The van der Waals surface area contributed by atoms with E-state index in [0.717, 1.165) is 12.0 Å². The van der Waals surface area contributed by atoms with Crippen molar-refractivity contribution in [2.75, 3.05) is 19.7 Å². The van der Waals surface area contributed by atoms with E-state index in [-0.39, 0.29) is 42.1 Å². The van der Waals surface area contributed by atoms with E-state index in [1.165, 1.54) is 6.92 Å². The van der Waals surface area contributed by atoms with Gasteiger partial charge in [-0.15, -0.1) is 0 Å². The van der Waals surface area contributed by atoms with E-state index >= 15 is 0 Å². The molecule has 2 amide bonds. The molecule has 6 heteroatoms. The second kappa shape index (κ2) is 7.58. The SMILES string of the molecule is C=C(C)C(C)(C)NC(=O)C1C2CC1CN(C(=O)CCCOC(C)=O)C2. The summed E-state index contributed by atoms with van der Waals surface area (Å²) in [6.07, 6.45) is 1.94. The van der Waals surface area contributed by atoms with Crippen LogP contribution >= 0.6 is 0 Å². The Bertz CT molecular complexity index is 558. The highest BCUT2D eigenvalue weighted by atomic mass is 16.5. The van der Waals surface area contributed by atoms with Crippen molar-refractivity contribution in [3.8, 4) is 0 Å². The third-order valence-corrected chi connectivity index (χ3v) is 5.53. The Kier molecular flexibility index (Phi) is 5.91. The number of carbonyl (C=O) groups excluding carboxylic acids is 3. The fraction of sp³-hybridized carbons (Fsp3) is 0.737. The second-order valence-electron chi connectivity index (χ2n) is 7.92. The number of nitrogens with one attached hydrogen (secondary N) is 1. The Labute approximate surface area is 150 Å². The van der Waals surface area contributed by atoms with Crippen LogP contribution < -0.4 is 5.32 Å². The molecule has 2 aliphatic heterocycles. The molecule has 2 saturated heterocycles. The molecule has 0 aromatic heterocycles. The Morgan fingerprint density at radius 2 is 1.80 bits per heavy atom.